The Morgan fingerprint density at radius 1 is 1.32 bits per heavy atom. The molecule has 1 aromatic rings. The van der Waals surface area contributed by atoms with E-state index in [0.29, 0.717) is 11.7 Å². The van der Waals surface area contributed by atoms with Crippen molar-refractivity contribution >= 4 is 11.4 Å². The van der Waals surface area contributed by atoms with E-state index in [4.69, 9.17) is 10.5 Å². The first kappa shape index (κ1) is 15.6. The fraction of sp³-hybridized carbons (Fsp3) is 0.600. The van der Waals surface area contributed by atoms with Gasteiger partial charge in [-0.15, -0.1) is 0 Å². The van der Waals surface area contributed by atoms with Crippen LogP contribution in [0.15, 0.2) is 12.1 Å². The van der Waals surface area contributed by atoms with E-state index < -0.39 is 5.82 Å². The van der Waals surface area contributed by atoms with Crippen LogP contribution in [-0.2, 0) is 0 Å². The van der Waals surface area contributed by atoms with Gasteiger partial charge >= 0.3 is 0 Å². The fourth-order valence-electron chi connectivity index (χ4n) is 2.07. The highest BCUT2D eigenvalue weighted by Gasteiger charge is 2.10. The van der Waals surface area contributed by atoms with E-state index in [1.165, 1.54) is 38.9 Å². The van der Waals surface area contributed by atoms with Crippen LogP contribution >= 0.6 is 0 Å². The van der Waals surface area contributed by atoms with Gasteiger partial charge in [0.05, 0.1) is 18.5 Å². The van der Waals surface area contributed by atoms with E-state index in [1.54, 1.807) is 6.07 Å². The summed E-state index contributed by atoms with van der Waals surface area (Å²) in [6, 6.07) is 3.23. The molecule has 1 rings (SSSR count). The molecule has 0 bridgehead atoms. The maximum absolute atomic E-state index is 13.4. The van der Waals surface area contributed by atoms with Crippen LogP contribution in [0.3, 0.4) is 0 Å². The Morgan fingerprint density at radius 2 is 2.05 bits per heavy atom. The van der Waals surface area contributed by atoms with Gasteiger partial charge in [0, 0.05) is 18.2 Å². The number of rotatable bonds is 8. The van der Waals surface area contributed by atoms with Crippen molar-refractivity contribution < 1.29 is 9.13 Å². The summed E-state index contributed by atoms with van der Waals surface area (Å²) in [5.74, 6) is -0.212. The molecule has 0 radical (unpaired) electrons. The molecule has 0 saturated heterocycles. The van der Waals surface area contributed by atoms with Gasteiger partial charge in [0.15, 0.2) is 11.6 Å². The zero-order valence-electron chi connectivity index (χ0n) is 12.1. The van der Waals surface area contributed by atoms with Crippen LogP contribution in [-0.4, -0.2) is 13.2 Å². The third-order valence-corrected chi connectivity index (χ3v) is 3.22. The Labute approximate surface area is 115 Å². The number of nitrogens with two attached hydrogens (primary N) is 1. The van der Waals surface area contributed by atoms with Gasteiger partial charge in [-0.25, -0.2) is 4.39 Å². The predicted molar refractivity (Wildman–Crippen MR) is 79.2 cm³/mol. The number of hydrogen-bond donors (Lipinski definition) is 2. The average molecular weight is 268 g/mol. The lowest BCUT2D eigenvalue weighted by Gasteiger charge is -2.17. The lowest BCUT2D eigenvalue weighted by molar-refractivity contribution is 0.387. The molecule has 0 heterocycles. The minimum absolute atomic E-state index is 0.217. The SMILES string of the molecule is CCCCCCC(C)Nc1cc(OC)c(F)cc1N. The Morgan fingerprint density at radius 3 is 2.68 bits per heavy atom. The molecule has 0 amide bonds. The summed E-state index contributed by atoms with van der Waals surface area (Å²) < 4.78 is 18.4. The summed E-state index contributed by atoms with van der Waals surface area (Å²) in [7, 11) is 1.45. The molecule has 3 nitrogen and oxygen atoms in total. The first-order valence-electron chi connectivity index (χ1n) is 6.98. The highest BCUT2D eigenvalue weighted by atomic mass is 19.1. The summed E-state index contributed by atoms with van der Waals surface area (Å²) >= 11 is 0. The molecule has 0 fully saturated rings. The van der Waals surface area contributed by atoms with Gasteiger partial charge in [-0.3, -0.25) is 0 Å². The number of anilines is 2. The number of ether oxygens (including phenoxy) is 1. The second-order valence-corrected chi connectivity index (χ2v) is 4.97. The summed E-state index contributed by atoms with van der Waals surface area (Å²) in [5, 5.41) is 3.32. The van der Waals surface area contributed by atoms with Gasteiger partial charge in [-0.1, -0.05) is 32.6 Å². The van der Waals surface area contributed by atoms with Crippen molar-refractivity contribution in [2.24, 2.45) is 0 Å². The van der Waals surface area contributed by atoms with Crippen molar-refractivity contribution in [2.75, 3.05) is 18.2 Å². The van der Waals surface area contributed by atoms with Crippen molar-refractivity contribution in [3.63, 3.8) is 0 Å². The van der Waals surface area contributed by atoms with Gasteiger partial charge in [-0.05, 0) is 13.3 Å². The smallest absolute Gasteiger partial charge is 0.167 e. The second kappa shape index (κ2) is 7.87. The predicted octanol–water partition coefficient (Wildman–Crippen LogP) is 4.19. The molecule has 0 aromatic heterocycles. The summed E-state index contributed by atoms with van der Waals surface area (Å²) in [6.07, 6.45) is 6.05. The van der Waals surface area contributed by atoms with E-state index in [2.05, 4.69) is 19.2 Å². The number of benzene rings is 1. The highest BCUT2D eigenvalue weighted by molar-refractivity contribution is 5.68. The molecule has 1 aromatic carbocycles. The van der Waals surface area contributed by atoms with E-state index in [1.807, 2.05) is 0 Å². The standard InChI is InChI=1S/C15H25FN2O/c1-4-5-6-7-8-11(2)18-14-10-15(19-3)12(16)9-13(14)17/h9-11,18H,4-8,17H2,1-3H3. The van der Waals surface area contributed by atoms with Crippen LogP contribution in [0.2, 0.25) is 0 Å². The Kier molecular flexibility index (Phi) is 6.46. The molecule has 0 saturated carbocycles. The van der Waals surface area contributed by atoms with Crippen LogP contribution in [0.4, 0.5) is 15.8 Å². The highest BCUT2D eigenvalue weighted by Crippen LogP contribution is 2.28. The molecule has 1 unspecified atom stereocenters. The van der Waals surface area contributed by atoms with Gasteiger partial charge in [0.1, 0.15) is 0 Å². The van der Waals surface area contributed by atoms with E-state index in [0.717, 1.165) is 12.1 Å². The topological polar surface area (TPSA) is 47.3 Å². The van der Waals surface area contributed by atoms with Crippen LogP contribution in [0.25, 0.3) is 0 Å². The summed E-state index contributed by atoms with van der Waals surface area (Å²) in [4.78, 5) is 0. The van der Waals surface area contributed by atoms with Gasteiger partial charge in [-0.2, -0.15) is 0 Å². The van der Waals surface area contributed by atoms with Crippen LogP contribution < -0.4 is 15.8 Å². The summed E-state index contributed by atoms with van der Waals surface area (Å²) in [5.41, 5.74) is 6.96. The second-order valence-electron chi connectivity index (χ2n) is 4.97. The minimum atomic E-state index is -0.429. The lowest BCUT2D eigenvalue weighted by atomic mass is 10.1. The molecule has 108 valence electrons. The van der Waals surface area contributed by atoms with Crippen molar-refractivity contribution in [3.05, 3.63) is 17.9 Å². The van der Waals surface area contributed by atoms with Crippen molar-refractivity contribution in [2.45, 2.75) is 52.0 Å². The molecule has 0 aliphatic rings. The van der Waals surface area contributed by atoms with Gasteiger partial charge in [0.25, 0.3) is 0 Å². The monoisotopic (exact) mass is 268 g/mol. The minimum Gasteiger partial charge on any atom is -0.494 e. The third-order valence-electron chi connectivity index (χ3n) is 3.22. The largest absolute Gasteiger partial charge is 0.494 e. The number of hydrogen-bond acceptors (Lipinski definition) is 3. The number of nitrogens with one attached hydrogen (secondary N) is 1. The Balaban J connectivity index is 2.56. The maximum Gasteiger partial charge on any atom is 0.167 e. The molecule has 0 aliphatic carbocycles. The molecule has 3 N–H and O–H groups in total. The molecule has 0 aliphatic heterocycles. The van der Waals surface area contributed by atoms with Gasteiger partial charge < -0.3 is 15.8 Å². The average Bonchev–Trinajstić information content (AvgIpc) is 2.38. The summed E-state index contributed by atoms with van der Waals surface area (Å²) in [6.45, 7) is 4.31. The van der Waals surface area contributed by atoms with E-state index >= 15 is 0 Å². The normalized spacial score (nSPS) is 12.2. The first-order chi connectivity index (χ1) is 9.08. The maximum atomic E-state index is 13.4. The zero-order valence-corrected chi connectivity index (χ0v) is 12.1. The quantitative estimate of drug-likeness (QED) is 0.549. The zero-order chi connectivity index (χ0) is 14.3. The Bertz CT molecular complexity index is 396. The molecule has 19 heavy (non-hydrogen) atoms. The van der Waals surface area contributed by atoms with Crippen molar-refractivity contribution in [1.29, 1.82) is 0 Å². The van der Waals surface area contributed by atoms with Crippen molar-refractivity contribution in [3.8, 4) is 5.75 Å². The van der Waals surface area contributed by atoms with Crippen LogP contribution in [0.1, 0.15) is 46.0 Å². The number of unbranched alkanes of at least 4 members (excludes halogenated alkanes) is 3. The van der Waals surface area contributed by atoms with E-state index in [-0.39, 0.29) is 5.75 Å². The Hall–Kier alpha value is -1.45. The first-order valence-corrected chi connectivity index (χ1v) is 6.98. The number of methoxy groups -OCH3 is 1. The van der Waals surface area contributed by atoms with Gasteiger partial charge in [0.2, 0.25) is 0 Å². The molecular formula is C15H25FN2O. The number of halogens is 1. The molecule has 4 heteroatoms. The lowest BCUT2D eigenvalue weighted by Crippen LogP contribution is -2.16. The fourth-order valence-corrected chi connectivity index (χ4v) is 2.07. The van der Waals surface area contributed by atoms with E-state index in [9.17, 15) is 4.39 Å². The van der Waals surface area contributed by atoms with Crippen LogP contribution in [0, 0.1) is 5.82 Å². The molecular weight excluding hydrogens is 243 g/mol. The number of nitrogen functional groups attached to an aromatic ring is 1. The van der Waals surface area contributed by atoms with Crippen molar-refractivity contribution in [1.82, 2.24) is 0 Å². The third kappa shape index (κ3) is 4.97. The molecule has 0 spiro atoms. The van der Waals surface area contributed by atoms with Crippen LogP contribution in [0.5, 0.6) is 5.75 Å². The molecule has 1 atom stereocenters.